The number of urea groups is 1. The van der Waals surface area contributed by atoms with E-state index < -0.39 is 5.97 Å². The maximum absolute atomic E-state index is 11.1. The first-order valence-corrected chi connectivity index (χ1v) is 10.9. The van der Waals surface area contributed by atoms with Crippen LogP contribution in [0.1, 0.15) is 25.7 Å². The van der Waals surface area contributed by atoms with Gasteiger partial charge in [0.25, 0.3) is 0 Å². The fourth-order valence-corrected chi connectivity index (χ4v) is 5.34. The van der Waals surface area contributed by atoms with Crippen molar-refractivity contribution < 1.29 is 23.5 Å². The molecule has 0 radical (unpaired) electrons. The first kappa shape index (κ1) is 20.3. The van der Waals surface area contributed by atoms with Gasteiger partial charge in [0.2, 0.25) is 0 Å². The Bertz CT molecular complexity index is 1120. The second kappa shape index (κ2) is 8.83. The summed E-state index contributed by atoms with van der Waals surface area (Å²) in [5.74, 6) is 0.236. The van der Waals surface area contributed by atoms with Crippen molar-refractivity contribution in [3.05, 3.63) is 47.0 Å². The molecule has 4 heterocycles. The van der Waals surface area contributed by atoms with Crippen LogP contribution in [0, 0.1) is 0 Å². The number of furan rings is 1. The van der Waals surface area contributed by atoms with Crippen molar-refractivity contribution in [1.29, 1.82) is 0 Å². The summed E-state index contributed by atoms with van der Waals surface area (Å²) in [5, 5.41) is 16.7. The molecule has 0 spiro atoms. The lowest BCUT2D eigenvalue weighted by molar-refractivity contribution is -0.137. The van der Waals surface area contributed by atoms with Gasteiger partial charge in [-0.1, -0.05) is 6.42 Å². The van der Waals surface area contributed by atoms with Gasteiger partial charge >= 0.3 is 17.6 Å². The van der Waals surface area contributed by atoms with Crippen LogP contribution in [0.15, 0.2) is 50.2 Å². The van der Waals surface area contributed by atoms with E-state index in [4.69, 9.17) is 13.9 Å². The summed E-state index contributed by atoms with van der Waals surface area (Å²) in [5.41, 5.74) is 0.940. The van der Waals surface area contributed by atoms with Gasteiger partial charge < -0.3 is 24.6 Å². The molecular weight excluding hydrogens is 408 g/mol. The van der Waals surface area contributed by atoms with E-state index in [1.54, 1.807) is 18.4 Å². The van der Waals surface area contributed by atoms with E-state index in [-0.39, 0.29) is 30.2 Å². The molecule has 2 aliphatic heterocycles. The number of amides is 2. The molecule has 0 saturated carbocycles. The zero-order chi connectivity index (χ0) is 21.1. The number of fused-ring (bicyclic) bond motifs is 3. The van der Waals surface area contributed by atoms with Crippen molar-refractivity contribution in [2.75, 3.05) is 5.75 Å². The number of carbonyl (C=O) groups excluding carboxylic acids is 1. The minimum atomic E-state index is -0.729. The molecule has 5 rings (SSSR count). The number of thioether (sulfide) groups is 1. The van der Waals surface area contributed by atoms with Gasteiger partial charge in [-0.05, 0) is 31.0 Å². The van der Waals surface area contributed by atoms with Gasteiger partial charge in [-0.3, -0.25) is 4.79 Å². The molecule has 0 aliphatic carbocycles. The minimum Gasteiger partial charge on any atom is -0.481 e. The van der Waals surface area contributed by atoms with Crippen molar-refractivity contribution in [1.82, 2.24) is 10.6 Å². The van der Waals surface area contributed by atoms with E-state index in [0.29, 0.717) is 10.8 Å². The standard InChI is InChI=1S/C11H6O3.C10H16N2O3S/c12-11-2-1-7-5-8-3-4-13-9(8)6-10(7)14-11;13-8(14)4-2-1-3-7-9-6(5-16-7)11-10(15)12-9/h1-6H;6-7,9H,1-5H2,(H,13,14)(H2,11,12,15)/t;6-,7-,9-/m.0/s1. The van der Waals surface area contributed by atoms with Crippen LogP contribution >= 0.6 is 11.8 Å². The summed E-state index contributed by atoms with van der Waals surface area (Å²) in [6.07, 6.45) is 4.49. The quantitative estimate of drug-likeness (QED) is 0.322. The number of hydrogen-bond acceptors (Lipinski definition) is 6. The fourth-order valence-electron chi connectivity index (χ4n) is 3.79. The highest BCUT2D eigenvalue weighted by Gasteiger charge is 2.42. The topological polar surface area (TPSA) is 122 Å². The lowest BCUT2D eigenvalue weighted by atomic mass is 10.0. The van der Waals surface area contributed by atoms with Gasteiger partial charge in [-0.25, -0.2) is 9.59 Å². The van der Waals surface area contributed by atoms with E-state index >= 15 is 0 Å². The number of carbonyl (C=O) groups is 2. The normalized spacial score (nSPS) is 22.3. The Morgan fingerprint density at radius 2 is 1.93 bits per heavy atom. The third-order valence-electron chi connectivity index (χ3n) is 5.26. The van der Waals surface area contributed by atoms with Gasteiger partial charge in [0, 0.05) is 40.3 Å². The molecule has 0 unspecified atom stereocenters. The Labute approximate surface area is 176 Å². The Morgan fingerprint density at radius 3 is 2.77 bits per heavy atom. The Hall–Kier alpha value is -2.94. The number of carboxylic acids is 1. The number of rotatable bonds is 5. The molecule has 2 fully saturated rings. The second-order valence-corrected chi connectivity index (χ2v) is 8.64. The molecule has 3 aromatic rings. The van der Waals surface area contributed by atoms with Crippen LogP contribution < -0.4 is 16.3 Å². The van der Waals surface area contributed by atoms with Crippen molar-refractivity contribution in [2.45, 2.75) is 43.0 Å². The zero-order valence-corrected chi connectivity index (χ0v) is 16.9. The highest BCUT2D eigenvalue weighted by molar-refractivity contribution is 8.00. The highest BCUT2D eigenvalue weighted by Crippen LogP contribution is 2.33. The summed E-state index contributed by atoms with van der Waals surface area (Å²) < 4.78 is 10.2. The molecule has 2 amide bonds. The monoisotopic (exact) mass is 430 g/mol. The molecule has 1 aromatic carbocycles. The van der Waals surface area contributed by atoms with E-state index in [2.05, 4.69) is 10.6 Å². The molecule has 2 aromatic heterocycles. The number of hydrogen-bond donors (Lipinski definition) is 3. The average molecular weight is 430 g/mol. The Kier molecular flexibility index (Phi) is 5.98. The van der Waals surface area contributed by atoms with Crippen molar-refractivity contribution in [3.8, 4) is 0 Å². The molecule has 2 aliphatic rings. The predicted molar refractivity (Wildman–Crippen MR) is 114 cm³/mol. The van der Waals surface area contributed by atoms with Gasteiger partial charge in [-0.15, -0.1) is 0 Å². The lowest BCUT2D eigenvalue weighted by Crippen LogP contribution is -2.36. The van der Waals surface area contributed by atoms with Crippen LogP contribution in [-0.2, 0) is 4.79 Å². The molecule has 30 heavy (non-hydrogen) atoms. The first-order valence-electron chi connectivity index (χ1n) is 9.81. The fraction of sp³-hybridized carbons (Fsp3) is 0.381. The van der Waals surface area contributed by atoms with Gasteiger partial charge in [0.05, 0.1) is 18.3 Å². The van der Waals surface area contributed by atoms with E-state index in [9.17, 15) is 14.4 Å². The molecule has 3 N–H and O–H groups in total. The highest BCUT2D eigenvalue weighted by atomic mass is 32.2. The predicted octanol–water partition coefficient (Wildman–Crippen LogP) is 3.34. The zero-order valence-electron chi connectivity index (χ0n) is 16.1. The van der Waals surface area contributed by atoms with Gasteiger partial charge in [-0.2, -0.15) is 11.8 Å². The number of unbranched alkanes of at least 4 members (excludes halogenated alkanes) is 1. The molecule has 0 bridgehead atoms. The maximum Gasteiger partial charge on any atom is 0.336 e. The summed E-state index contributed by atoms with van der Waals surface area (Å²) in [4.78, 5) is 32.4. The van der Waals surface area contributed by atoms with Crippen LogP contribution in [0.5, 0.6) is 0 Å². The number of benzene rings is 1. The Balaban J connectivity index is 0.000000146. The van der Waals surface area contributed by atoms with E-state index in [1.165, 1.54) is 6.07 Å². The smallest absolute Gasteiger partial charge is 0.336 e. The number of carboxylic acid groups (broad SMARTS) is 1. The molecule has 9 heteroatoms. The van der Waals surface area contributed by atoms with Crippen LogP contribution in [0.25, 0.3) is 21.9 Å². The molecule has 8 nitrogen and oxygen atoms in total. The summed E-state index contributed by atoms with van der Waals surface area (Å²) in [6, 6.07) is 9.13. The summed E-state index contributed by atoms with van der Waals surface area (Å²) in [6.45, 7) is 0. The first-order chi connectivity index (χ1) is 14.5. The van der Waals surface area contributed by atoms with Crippen molar-refractivity contribution in [3.63, 3.8) is 0 Å². The van der Waals surface area contributed by atoms with Crippen LogP contribution in [0.2, 0.25) is 0 Å². The maximum atomic E-state index is 11.1. The number of nitrogens with one attached hydrogen (secondary N) is 2. The Morgan fingerprint density at radius 1 is 1.10 bits per heavy atom. The van der Waals surface area contributed by atoms with E-state index in [0.717, 1.165) is 41.4 Å². The third-order valence-corrected chi connectivity index (χ3v) is 6.77. The summed E-state index contributed by atoms with van der Waals surface area (Å²) in [7, 11) is 0. The average Bonchev–Trinajstić information content (AvgIpc) is 3.40. The van der Waals surface area contributed by atoms with Gasteiger partial charge in [0.1, 0.15) is 11.2 Å². The minimum absolute atomic E-state index is 0.0640. The van der Waals surface area contributed by atoms with Crippen LogP contribution in [0.4, 0.5) is 4.79 Å². The second-order valence-electron chi connectivity index (χ2n) is 7.36. The lowest BCUT2D eigenvalue weighted by Gasteiger charge is -2.16. The number of aliphatic carboxylic acids is 1. The molecule has 2 saturated heterocycles. The van der Waals surface area contributed by atoms with Crippen molar-refractivity contribution in [2.24, 2.45) is 0 Å². The third kappa shape index (κ3) is 4.62. The van der Waals surface area contributed by atoms with Crippen LogP contribution in [-0.4, -0.2) is 40.2 Å². The van der Waals surface area contributed by atoms with Crippen molar-refractivity contribution >= 4 is 45.7 Å². The van der Waals surface area contributed by atoms with Crippen LogP contribution in [0.3, 0.4) is 0 Å². The summed E-state index contributed by atoms with van der Waals surface area (Å²) >= 11 is 1.87. The SMILES string of the molecule is O=C(O)CCCC[C@@H]1SC[C@@H]2NC(=O)N[C@@H]21.O=c1ccc2cc3ccoc3cc2o1. The largest absolute Gasteiger partial charge is 0.481 e. The molecular formula is C21H22N2O6S. The van der Waals surface area contributed by atoms with Gasteiger partial charge in [0.15, 0.2) is 0 Å². The molecule has 3 atom stereocenters. The van der Waals surface area contributed by atoms with E-state index in [1.807, 2.05) is 23.9 Å². The molecule has 158 valence electrons.